The minimum atomic E-state index is -0.269. The summed E-state index contributed by atoms with van der Waals surface area (Å²) in [6, 6.07) is 15.5. The number of fused-ring (bicyclic) bond motifs is 1. The molecule has 0 saturated carbocycles. The van der Waals surface area contributed by atoms with Gasteiger partial charge in [0.25, 0.3) is 5.91 Å². The van der Waals surface area contributed by atoms with E-state index in [4.69, 9.17) is 11.5 Å². The van der Waals surface area contributed by atoms with E-state index in [-0.39, 0.29) is 18.2 Å². The first-order chi connectivity index (χ1) is 19.4. The van der Waals surface area contributed by atoms with E-state index in [0.717, 1.165) is 42.4 Å². The maximum absolute atomic E-state index is 13.2. The number of rotatable bonds is 11. The van der Waals surface area contributed by atoms with Gasteiger partial charge in [-0.3, -0.25) is 14.6 Å². The fraction of sp³-hybridized carbons (Fsp3) is 0.312. The van der Waals surface area contributed by atoms with E-state index in [1.807, 2.05) is 41.4 Å². The number of aryl methyl sites for hydroxylation is 2. The molecule has 40 heavy (non-hydrogen) atoms. The van der Waals surface area contributed by atoms with E-state index in [2.05, 4.69) is 41.3 Å². The normalized spacial score (nSPS) is 12.6. The van der Waals surface area contributed by atoms with Crippen molar-refractivity contribution in [3.63, 3.8) is 0 Å². The fourth-order valence-corrected chi connectivity index (χ4v) is 4.75. The number of hydrogen-bond acceptors (Lipinski definition) is 6. The van der Waals surface area contributed by atoms with Crippen LogP contribution in [0.15, 0.2) is 71.5 Å². The molecule has 5 N–H and O–H groups in total. The number of nitrogens with zero attached hydrogens (tertiary/aromatic N) is 3. The molecule has 0 radical (unpaired) electrons. The van der Waals surface area contributed by atoms with Crippen molar-refractivity contribution in [3.05, 3.63) is 94.3 Å². The number of nitrogens with one attached hydrogen (secondary N) is 1. The Bertz CT molecular complexity index is 1410. The van der Waals surface area contributed by atoms with Gasteiger partial charge in [-0.15, -0.1) is 0 Å². The van der Waals surface area contributed by atoms with Crippen LogP contribution in [-0.4, -0.2) is 40.6 Å². The maximum atomic E-state index is 13.2. The minimum Gasteiger partial charge on any atom is -0.387 e. The van der Waals surface area contributed by atoms with E-state index in [0.29, 0.717) is 48.0 Å². The maximum Gasteiger partial charge on any atom is 0.255 e. The Balaban J connectivity index is 1.46. The first-order valence-electron chi connectivity index (χ1n) is 13.9. The standard InChI is InChI=1S/C32H38N6O2/c1-3-13-38(14-4-2)32(40)27-16-25-11-12-26(17-29(25)37-30(34)18-27)31(39)36-28-15-24(20-35-21-28)10-7-22-5-8-23(19-33)9-6-22/h5-6,8-9,11-12,15-17,20-21H,3-4,7,10,13-14,18-19,33H2,1-2H3,(H2,34,37)(H,36,39). The van der Waals surface area contributed by atoms with Gasteiger partial charge in [-0.2, -0.15) is 0 Å². The van der Waals surface area contributed by atoms with Crippen LogP contribution >= 0.6 is 0 Å². The molecule has 8 nitrogen and oxygen atoms in total. The van der Waals surface area contributed by atoms with Crippen molar-refractivity contribution in [3.8, 4) is 0 Å². The largest absolute Gasteiger partial charge is 0.387 e. The predicted octanol–water partition coefficient (Wildman–Crippen LogP) is 5.00. The van der Waals surface area contributed by atoms with Gasteiger partial charge in [-0.1, -0.05) is 44.2 Å². The number of carbonyl (C=O) groups excluding carboxylic acids is 2. The SMILES string of the molecule is CCCN(CCC)C(=O)C1=Cc2ccc(C(=O)Nc3cncc(CCc4ccc(CN)cc4)c3)cc2N=C(N)C1. The zero-order valence-corrected chi connectivity index (χ0v) is 23.3. The summed E-state index contributed by atoms with van der Waals surface area (Å²) in [6.07, 6.45) is 9.01. The molecule has 1 aliphatic rings. The summed E-state index contributed by atoms with van der Waals surface area (Å²) in [5.74, 6) is 0.0596. The van der Waals surface area contributed by atoms with Gasteiger partial charge in [-0.25, -0.2) is 4.99 Å². The molecule has 1 aromatic heterocycles. The monoisotopic (exact) mass is 538 g/mol. The Morgan fingerprint density at radius 3 is 2.33 bits per heavy atom. The molecule has 0 spiro atoms. The molecule has 2 amide bonds. The lowest BCUT2D eigenvalue weighted by Gasteiger charge is -2.22. The predicted molar refractivity (Wildman–Crippen MR) is 161 cm³/mol. The molecule has 4 rings (SSSR count). The molecule has 0 saturated heterocycles. The van der Waals surface area contributed by atoms with Crippen LogP contribution in [0.25, 0.3) is 6.08 Å². The van der Waals surface area contributed by atoms with Crippen molar-refractivity contribution < 1.29 is 9.59 Å². The molecule has 2 aromatic carbocycles. The number of carbonyl (C=O) groups is 2. The number of nitrogens with two attached hydrogens (primary N) is 2. The zero-order valence-electron chi connectivity index (χ0n) is 23.3. The lowest BCUT2D eigenvalue weighted by Crippen LogP contribution is -2.34. The van der Waals surface area contributed by atoms with Crippen LogP contribution in [0.3, 0.4) is 0 Å². The van der Waals surface area contributed by atoms with Crippen molar-refractivity contribution in [2.24, 2.45) is 16.5 Å². The smallest absolute Gasteiger partial charge is 0.255 e. The zero-order chi connectivity index (χ0) is 28.5. The number of benzene rings is 2. The summed E-state index contributed by atoms with van der Waals surface area (Å²) in [5, 5.41) is 2.94. The number of pyridine rings is 1. The van der Waals surface area contributed by atoms with Gasteiger partial charge in [0.05, 0.1) is 17.6 Å². The molecular weight excluding hydrogens is 500 g/mol. The number of amides is 2. The van der Waals surface area contributed by atoms with Crippen molar-refractivity contribution in [2.45, 2.75) is 52.5 Å². The van der Waals surface area contributed by atoms with Crippen molar-refractivity contribution in [1.82, 2.24) is 9.88 Å². The fourth-order valence-electron chi connectivity index (χ4n) is 4.75. The van der Waals surface area contributed by atoms with E-state index < -0.39 is 0 Å². The molecular formula is C32H38N6O2. The van der Waals surface area contributed by atoms with Crippen LogP contribution in [0.5, 0.6) is 0 Å². The van der Waals surface area contributed by atoms with Crippen LogP contribution in [0.1, 0.15) is 65.7 Å². The van der Waals surface area contributed by atoms with Crippen molar-refractivity contribution in [1.29, 1.82) is 0 Å². The highest BCUT2D eigenvalue weighted by molar-refractivity contribution is 6.07. The minimum absolute atomic E-state index is 0.0172. The Labute approximate surface area is 236 Å². The topological polar surface area (TPSA) is 127 Å². The van der Waals surface area contributed by atoms with E-state index in [1.54, 1.807) is 18.3 Å². The number of anilines is 1. The first kappa shape index (κ1) is 28.7. The van der Waals surface area contributed by atoms with E-state index in [9.17, 15) is 9.59 Å². The number of hydrogen-bond donors (Lipinski definition) is 3. The van der Waals surface area contributed by atoms with Gasteiger partial charge in [0.15, 0.2) is 0 Å². The quantitative estimate of drug-likeness (QED) is 0.317. The highest BCUT2D eigenvalue weighted by atomic mass is 16.2. The van der Waals surface area contributed by atoms with Crippen LogP contribution in [0, 0.1) is 0 Å². The van der Waals surface area contributed by atoms with Gasteiger partial charge >= 0.3 is 0 Å². The molecule has 0 aliphatic carbocycles. The second-order valence-electron chi connectivity index (χ2n) is 10.1. The van der Waals surface area contributed by atoms with E-state index in [1.165, 1.54) is 5.56 Å². The number of aromatic nitrogens is 1. The summed E-state index contributed by atoms with van der Waals surface area (Å²) in [7, 11) is 0. The Kier molecular flexibility index (Phi) is 9.81. The Hall–Kier alpha value is -4.30. The highest BCUT2D eigenvalue weighted by Crippen LogP contribution is 2.29. The Morgan fingerprint density at radius 1 is 0.925 bits per heavy atom. The lowest BCUT2D eigenvalue weighted by molar-refractivity contribution is -0.127. The van der Waals surface area contributed by atoms with Crippen molar-refractivity contribution in [2.75, 3.05) is 18.4 Å². The van der Waals surface area contributed by atoms with Gasteiger partial charge < -0.3 is 21.7 Å². The molecule has 0 unspecified atom stereocenters. The summed E-state index contributed by atoms with van der Waals surface area (Å²) >= 11 is 0. The second-order valence-corrected chi connectivity index (χ2v) is 10.1. The molecule has 0 fully saturated rings. The highest BCUT2D eigenvalue weighted by Gasteiger charge is 2.21. The lowest BCUT2D eigenvalue weighted by atomic mass is 10.0. The van der Waals surface area contributed by atoms with Gasteiger partial charge in [0, 0.05) is 49.0 Å². The van der Waals surface area contributed by atoms with Crippen LogP contribution < -0.4 is 16.8 Å². The van der Waals surface area contributed by atoms with Crippen LogP contribution in [-0.2, 0) is 24.2 Å². The van der Waals surface area contributed by atoms with Gasteiger partial charge in [0.2, 0.25) is 5.91 Å². The summed E-state index contributed by atoms with van der Waals surface area (Å²) < 4.78 is 0. The van der Waals surface area contributed by atoms with Gasteiger partial charge in [0.1, 0.15) is 5.84 Å². The summed E-state index contributed by atoms with van der Waals surface area (Å²) in [5.41, 5.74) is 18.3. The summed E-state index contributed by atoms with van der Waals surface area (Å²) in [6.45, 7) is 6.05. The van der Waals surface area contributed by atoms with E-state index >= 15 is 0 Å². The molecule has 8 heteroatoms. The number of amidine groups is 1. The average Bonchev–Trinajstić information content (AvgIpc) is 3.13. The first-order valence-corrected chi connectivity index (χ1v) is 13.9. The average molecular weight is 539 g/mol. The molecule has 0 bridgehead atoms. The van der Waals surface area contributed by atoms with Crippen molar-refractivity contribution >= 4 is 35.1 Å². The van der Waals surface area contributed by atoms with Crippen LogP contribution in [0.4, 0.5) is 11.4 Å². The Morgan fingerprint density at radius 2 is 1.62 bits per heavy atom. The third-order valence-electron chi connectivity index (χ3n) is 6.82. The molecule has 0 atom stereocenters. The molecule has 3 aromatic rings. The molecule has 208 valence electrons. The van der Waals surface area contributed by atoms with Gasteiger partial charge in [-0.05, 0) is 66.6 Å². The second kappa shape index (κ2) is 13.7. The third kappa shape index (κ3) is 7.42. The third-order valence-corrected chi connectivity index (χ3v) is 6.82. The summed E-state index contributed by atoms with van der Waals surface area (Å²) in [4.78, 5) is 37.0. The van der Waals surface area contributed by atoms with Crippen LogP contribution in [0.2, 0.25) is 0 Å². The molecule has 2 heterocycles. The number of aliphatic imine (C=N–C) groups is 1. The molecule has 1 aliphatic heterocycles.